The Morgan fingerprint density at radius 2 is 1.74 bits per heavy atom. The molecule has 370 valence electrons. The number of nitrogens with two attached hydrogens (primary N) is 1. The Labute approximate surface area is 399 Å². The van der Waals surface area contributed by atoms with Gasteiger partial charge < -0.3 is 42.3 Å². The number of hydrogen-bond donors (Lipinski definition) is 9. The third-order valence-corrected chi connectivity index (χ3v) is 11.1. The predicted octanol–water partition coefficient (Wildman–Crippen LogP) is 2.64. The third-order valence-electron chi connectivity index (χ3n) is 11.1. The van der Waals surface area contributed by atoms with Gasteiger partial charge in [-0.25, -0.2) is 9.78 Å². The van der Waals surface area contributed by atoms with Crippen LogP contribution in [0.5, 0.6) is 0 Å². The maximum Gasteiger partial charge on any atom is 0.264 e. The average Bonchev–Trinajstić information content (AvgIpc) is 3.56. The highest BCUT2D eigenvalue weighted by atomic mass is 17.7. The molecule has 1 atom stereocenters. The number of H-pyrrole nitrogens is 1. The van der Waals surface area contributed by atoms with E-state index < -0.39 is 35.6 Å². The van der Waals surface area contributed by atoms with E-state index in [9.17, 15) is 33.6 Å². The maximum atomic E-state index is 13.6. The number of allylic oxidation sites excluding steroid dienone is 3. The molecule has 0 spiro atoms. The lowest BCUT2D eigenvalue weighted by atomic mass is 9.96. The molecule has 1 fully saturated rings. The summed E-state index contributed by atoms with van der Waals surface area (Å²) in [5.74, 6) is -2.66. The van der Waals surface area contributed by atoms with Crippen molar-refractivity contribution in [3.8, 4) is 0 Å². The Morgan fingerprint density at radius 3 is 2.43 bits per heavy atom. The molecule has 22 nitrogen and oxygen atoms in total. The van der Waals surface area contributed by atoms with Gasteiger partial charge >= 0.3 is 0 Å². The average molecular weight is 956 g/mol. The van der Waals surface area contributed by atoms with Crippen molar-refractivity contribution >= 4 is 58.6 Å². The second-order valence-electron chi connectivity index (χ2n) is 16.5. The number of anilines is 2. The number of rotatable bonds is 26. The van der Waals surface area contributed by atoms with Gasteiger partial charge in [0.1, 0.15) is 12.6 Å². The number of nitrogens with one attached hydrogen (secondary N) is 8. The van der Waals surface area contributed by atoms with Gasteiger partial charge in [0.05, 0.1) is 42.2 Å². The smallest absolute Gasteiger partial charge is 0.264 e. The number of imide groups is 2. The molecule has 0 saturated carbocycles. The van der Waals surface area contributed by atoms with Crippen molar-refractivity contribution in [2.75, 3.05) is 56.7 Å². The lowest BCUT2D eigenvalue weighted by Crippen LogP contribution is -2.54. The number of aromatic nitrogens is 1. The fraction of sp³-hybridized carbons (Fsp3) is 0.404. The highest BCUT2D eigenvalue weighted by molar-refractivity contribution is 6.25. The minimum atomic E-state index is -1.08. The monoisotopic (exact) mass is 955 g/mol. The van der Waals surface area contributed by atoms with Crippen molar-refractivity contribution in [1.82, 2.24) is 36.1 Å². The second kappa shape index (κ2) is 25.2. The summed E-state index contributed by atoms with van der Waals surface area (Å²) >= 11 is 0. The van der Waals surface area contributed by atoms with Crippen LogP contribution in [0.1, 0.15) is 106 Å². The van der Waals surface area contributed by atoms with Gasteiger partial charge in [0, 0.05) is 79.6 Å². The lowest BCUT2D eigenvalue weighted by Gasteiger charge is -2.27. The van der Waals surface area contributed by atoms with Crippen LogP contribution in [0.3, 0.4) is 0 Å². The first-order chi connectivity index (χ1) is 33.0. The topological polar surface area (TPSA) is 301 Å². The van der Waals surface area contributed by atoms with E-state index >= 15 is 0 Å². The molecule has 3 aromatic rings. The number of aromatic amines is 1. The van der Waals surface area contributed by atoms with Crippen LogP contribution in [0.2, 0.25) is 0 Å². The number of aryl methyl sites for hydroxylation is 2. The van der Waals surface area contributed by atoms with Crippen LogP contribution >= 0.6 is 0 Å². The highest BCUT2D eigenvalue weighted by Gasteiger charge is 2.45. The van der Waals surface area contributed by atoms with Crippen LogP contribution in [0, 0.1) is 19.3 Å². The Balaban J connectivity index is 0.993. The van der Waals surface area contributed by atoms with E-state index in [1.807, 2.05) is 57.7 Å². The number of fused-ring (bicyclic) bond motifs is 1. The molecule has 0 aliphatic carbocycles. The Hall–Kier alpha value is -7.24. The molecule has 3 heterocycles. The predicted molar refractivity (Wildman–Crippen MR) is 255 cm³/mol. The first-order valence-electron chi connectivity index (χ1n) is 22.5. The van der Waals surface area contributed by atoms with Gasteiger partial charge in [-0.3, -0.25) is 49.1 Å². The van der Waals surface area contributed by atoms with Crippen molar-refractivity contribution in [2.45, 2.75) is 79.4 Å². The molecule has 2 aliphatic heterocycles. The van der Waals surface area contributed by atoms with E-state index in [1.165, 1.54) is 6.07 Å². The summed E-state index contributed by atoms with van der Waals surface area (Å²) < 4.78 is 0. The van der Waals surface area contributed by atoms with E-state index in [2.05, 4.69) is 47.0 Å². The van der Waals surface area contributed by atoms with Gasteiger partial charge in [-0.1, -0.05) is 12.1 Å². The first-order valence-corrected chi connectivity index (χ1v) is 22.5. The standard InChI is InChI=1S/C47H61N11O11/c1-7-57(39(49)13-11-28(4)31-22-33(34(24-48)37(23-31)54-27(2)3)43(61)52-25-35-29(5)21-30(6)55-44(35)62)18-16-50-26-53-40(59)15-19-66-68-69-67-20-17-51-36-10-8-9-32-42(36)47(65)58(46(32)64)38-12-14-41(60)56-45(38)63/h8-11,13,21-24,27,38,48,50-51,54H,7,12,14-20,25-26,49H2,1-6H3,(H,52,61)(H,53,59)(H,55,62)(H,56,60,63)/b28-11+,39-13+,48-24?. The molecule has 0 radical (unpaired) electrons. The Kier molecular flexibility index (Phi) is 19.3. The van der Waals surface area contributed by atoms with Crippen molar-refractivity contribution < 1.29 is 48.6 Å². The SMILES string of the molecule is CCN(CCNCNC(=O)CCOOOOCCNc1cccc2c1C(=O)N(C1CCC(=O)NC1=O)C2=O)/C(N)=C/C=C(\C)c1cc(NC(C)C)c(C=N)c(C(=O)NCc2c(C)cc(C)[nH]c2=O)c1. The third kappa shape index (κ3) is 14.2. The molecule has 1 unspecified atom stereocenters. The molecule has 6 amide bonds. The number of carbonyl (C=O) groups excluding carboxylic acids is 6. The van der Waals surface area contributed by atoms with Crippen LogP contribution in [-0.2, 0) is 40.8 Å². The number of benzene rings is 2. The zero-order chi connectivity index (χ0) is 50.2. The molecule has 1 saturated heterocycles. The molecule has 10 N–H and O–H groups in total. The van der Waals surface area contributed by atoms with Gasteiger partial charge in [-0.2, -0.15) is 0 Å². The molecule has 5 rings (SSSR count). The van der Waals surface area contributed by atoms with Gasteiger partial charge in [0.25, 0.3) is 23.3 Å². The minimum absolute atomic E-state index is 0.0153. The van der Waals surface area contributed by atoms with E-state index in [4.69, 9.17) is 20.9 Å². The number of hydrogen-bond acceptors (Lipinski definition) is 17. The summed E-state index contributed by atoms with van der Waals surface area (Å²) in [5, 5.41) is 34.4. The van der Waals surface area contributed by atoms with Crippen molar-refractivity contribution in [2.24, 2.45) is 5.73 Å². The Morgan fingerprint density at radius 1 is 0.986 bits per heavy atom. The Bertz CT molecular complexity index is 2540. The van der Waals surface area contributed by atoms with Crippen LogP contribution in [0.15, 0.2) is 59.2 Å². The first kappa shape index (κ1) is 52.7. The molecule has 2 aromatic carbocycles. The zero-order valence-corrected chi connectivity index (χ0v) is 39.6. The number of piperidine rings is 1. The molecular weight excluding hydrogens is 895 g/mol. The van der Waals surface area contributed by atoms with Crippen molar-refractivity contribution in [3.05, 3.63) is 109 Å². The van der Waals surface area contributed by atoms with Crippen LogP contribution in [0.25, 0.3) is 5.57 Å². The number of carbonyl (C=O) groups is 6. The molecule has 1 aromatic heterocycles. The quantitative estimate of drug-likeness (QED) is 0.0106. The van der Waals surface area contributed by atoms with Crippen molar-refractivity contribution in [3.63, 3.8) is 0 Å². The summed E-state index contributed by atoms with van der Waals surface area (Å²) in [6, 6.07) is 9.07. The van der Waals surface area contributed by atoms with E-state index in [1.54, 1.807) is 31.2 Å². The van der Waals surface area contributed by atoms with Gasteiger partial charge in [-0.05, 0) is 111 Å². The highest BCUT2D eigenvalue weighted by Crippen LogP contribution is 2.32. The fourth-order valence-corrected chi connectivity index (χ4v) is 7.58. The maximum absolute atomic E-state index is 13.6. The van der Waals surface area contributed by atoms with Crippen LogP contribution < -0.4 is 43.2 Å². The number of nitrogens with zero attached hydrogens (tertiary/aromatic N) is 2. The van der Waals surface area contributed by atoms with Crippen LogP contribution in [-0.4, -0.2) is 115 Å². The normalized spacial score (nSPS) is 15.0. The second-order valence-corrected chi connectivity index (χ2v) is 16.5. The lowest BCUT2D eigenvalue weighted by molar-refractivity contribution is -0.633. The number of likely N-dealkylation sites (N-methyl/N-ethyl adjacent to an activating group) is 1. The number of amides is 6. The molecule has 0 bridgehead atoms. The molecule has 2 aliphatic rings. The van der Waals surface area contributed by atoms with E-state index in [-0.39, 0.29) is 86.4 Å². The largest absolute Gasteiger partial charge is 0.385 e. The summed E-state index contributed by atoms with van der Waals surface area (Å²) in [6.07, 6.45) is 4.80. The summed E-state index contributed by atoms with van der Waals surface area (Å²) in [6.45, 7) is 13.1. The summed E-state index contributed by atoms with van der Waals surface area (Å²) in [7, 11) is 0. The summed E-state index contributed by atoms with van der Waals surface area (Å²) in [5.41, 5.74) is 11.6. The number of pyridine rings is 1. The van der Waals surface area contributed by atoms with Gasteiger partial charge in [0.2, 0.25) is 17.7 Å². The van der Waals surface area contributed by atoms with E-state index in [0.717, 1.165) is 33.5 Å². The van der Waals surface area contributed by atoms with Crippen LogP contribution in [0.4, 0.5) is 11.4 Å². The van der Waals surface area contributed by atoms with Gasteiger partial charge in [-0.15, -0.1) is 0 Å². The van der Waals surface area contributed by atoms with Gasteiger partial charge in [0.15, 0.2) is 0 Å². The van der Waals surface area contributed by atoms with Crippen molar-refractivity contribution in [1.29, 1.82) is 5.41 Å². The molecular formula is C47H61N11O11. The van der Waals surface area contributed by atoms with E-state index in [0.29, 0.717) is 48.0 Å². The summed E-state index contributed by atoms with van der Waals surface area (Å²) in [4.78, 5) is 104. The zero-order valence-electron chi connectivity index (χ0n) is 39.6. The minimum Gasteiger partial charge on any atom is -0.385 e. The fourth-order valence-electron chi connectivity index (χ4n) is 7.58. The molecule has 22 heteroatoms. The molecule has 69 heavy (non-hydrogen) atoms.